The second kappa shape index (κ2) is 32.9. The normalized spacial score (nSPS) is 12.2. The van der Waals surface area contributed by atoms with Gasteiger partial charge < -0.3 is 30.5 Å². The largest absolute Gasteiger partial charge is 0.449 e. The van der Waals surface area contributed by atoms with Crippen molar-refractivity contribution in [2.75, 3.05) is 75.4 Å². The first-order valence-corrected chi connectivity index (χ1v) is 20.5. The maximum Gasteiger partial charge on any atom is 0.407 e. The molecule has 0 aromatic rings. The number of hydrogen-bond donors (Lipinski definition) is 4. The van der Waals surface area contributed by atoms with E-state index in [2.05, 4.69) is 20.6 Å². The standard InChI is InChI=1S/C19H36N4O8S8/c24-3-1-5-29-18(26)22-10-34-14-33-9-21-12-39(28)17-37-15-36-16-38-19(27)23-11-35-13-32-8-20-7-31-30-6-2-4-25/h7,12,24-25H,1-6,8-11,13-17H2,(H,22,26)(H,23,27). The number of rotatable bonds is 27. The van der Waals surface area contributed by atoms with Gasteiger partial charge in [0.25, 0.3) is 5.24 Å². The Morgan fingerprint density at radius 1 is 0.821 bits per heavy atom. The van der Waals surface area contributed by atoms with Gasteiger partial charge in [0.15, 0.2) is 0 Å². The van der Waals surface area contributed by atoms with Crippen molar-refractivity contribution in [3.8, 4) is 0 Å². The van der Waals surface area contributed by atoms with Gasteiger partial charge in [-0.25, -0.2) is 9.79 Å². The summed E-state index contributed by atoms with van der Waals surface area (Å²) in [5.74, 6) is 1.96. The van der Waals surface area contributed by atoms with Crippen LogP contribution in [0.3, 0.4) is 0 Å². The zero-order chi connectivity index (χ0) is 28.7. The lowest BCUT2D eigenvalue weighted by Gasteiger charge is -2.05. The van der Waals surface area contributed by atoms with Crippen LogP contribution in [0.4, 0.5) is 9.59 Å². The Bertz CT molecular complexity index is 685. The van der Waals surface area contributed by atoms with Gasteiger partial charge in [0, 0.05) is 40.0 Å². The van der Waals surface area contributed by atoms with Gasteiger partial charge in [-0.05, 0) is 6.42 Å². The number of nitrogens with zero attached hydrogens (tertiary/aromatic N) is 2. The molecule has 2 amide bonds. The van der Waals surface area contributed by atoms with Crippen LogP contribution in [0.5, 0.6) is 0 Å². The first kappa shape index (κ1) is 39.4. The van der Waals surface area contributed by atoms with Crippen LogP contribution in [-0.2, 0) is 25.3 Å². The zero-order valence-electron chi connectivity index (χ0n) is 21.3. The van der Waals surface area contributed by atoms with Crippen LogP contribution >= 0.6 is 82.3 Å². The highest BCUT2D eigenvalue weighted by Gasteiger charge is 2.03. The molecular weight excluding hydrogens is 669 g/mol. The molecule has 1 atom stereocenters. The predicted octanol–water partition coefficient (Wildman–Crippen LogP) is 3.69. The van der Waals surface area contributed by atoms with Gasteiger partial charge in [0.05, 0.1) is 58.2 Å². The number of thioether (sulfide) groups is 7. The molecule has 0 fully saturated rings. The second-order valence-corrected chi connectivity index (χ2v) is 16.2. The first-order chi connectivity index (χ1) is 19.1. The zero-order valence-corrected chi connectivity index (χ0v) is 27.8. The Balaban J connectivity index is 3.42. The van der Waals surface area contributed by atoms with Gasteiger partial charge in [-0.2, -0.15) is 4.89 Å². The molecule has 0 bridgehead atoms. The van der Waals surface area contributed by atoms with Crippen LogP contribution in [-0.4, -0.2) is 113 Å². The quantitative estimate of drug-likeness (QED) is 0.0244. The molecule has 0 aliphatic carbocycles. The number of nitrogens with one attached hydrogen (secondary N) is 2. The lowest BCUT2D eigenvalue weighted by molar-refractivity contribution is -0.217. The smallest absolute Gasteiger partial charge is 0.407 e. The molecule has 0 saturated heterocycles. The molecule has 0 aromatic carbocycles. The number of aliphatic hydroxyl groups is 2. The van der Waals surface area contributed by atoms with Gasteiger partial charge in [0.1, 0.15) is 0 Å². The molecule has 20 heteroatoms. The van der Waals surface area contributed by atoms with E-state index in [4.69, 9.17) is 24.7 Å². The van der Waals surface area contributed by atoms with E-state index in [-0.39, 0.29) is 25.1 Å². The highest BCUT2D eigenvalue weighted by molar-refractivity contribution is 8.28. The lowest BCUT2D eigenvalue weighted by Crippen LogP contribution is -2.24. The van der Waals surface area contributed by atoms with Gasteiger partial charge in [0.2, 0.25) is 6.40 Å². The van der Waals surface area contributed by atoms with Gasteiger partial charge in [-0.1, -0.05) is 11.8 Å². The van der Waals surface area contributed by atoms with Crippen LogP contribution < -0.4 is 10.6 Å². The number of hydrogen-bond acceptors (Lipinski definition) is 17. The highest BCUT2D eigenvalue weighted by atomic mass is 32.3. The summed E-state index contributed by atoms with van der Waals surface area (Å²) in [6.45, 7) is 0.555. The molecule has 0 heterocycles. The van der Waals surface area contributed by atoms with Crippen LogP contribution in [0.15, 0.2) is 9.98 Å². The Morgan fingerprint density at radius 2 is 1.49 bits per heavy atom. The fourth-order valence-electron chi connectivity index (χ4n) is 1.64. The average molecular weight is 705 g/mol. The third-order valence-electron chi connectivity index (χ3n) is 3.24. The summed E-state index contributed by atoms with van der Waals surface area (Å²) >= 11 is 10.6. The lowest BCUT2D eigenvalue weighted by atomic mass is 10.5. The SMILES string of the molecule is O=C(NCSCSCN=CS(=O)CSCSCSC(=O)NCSCSCN=COOCCCO)OCCCO. The minimum atomic E-state index is -1.14. The van der Waals surface area contributed by atoms with Crippen molar-refractivity contribution in [2.24, 2.45) is 9.98 Å². The Kier molecular flexibility index (Phi) is 33.2. The van der Waals surface area contributed by atoms with Crippen molar-refractivity contribution in [3.63, 3.8) is 0 Å². The number of aliphatic imine (C=N–C) groups is 2. The molecule has 0 spiro atoms. The Labute approximate surface area is 262 Å². The van der Waals surface area contributed by atoms with Crippen LogP contribution in [0, 0.1) is 0 Å². The number of amides is 2. The second-order valence-electron chi connectivity index (χ2n) is 6.31. The van der Waals surface area contributed by atoms with Crippen molar-refractivity contribution in [1.82, 2.24) is 10.6 Å². The fraction of sp³-hybridized carbons (Fsp3) is 0.789. The van der Waals surface area contributed by atoms with Crippen molar-refractivity contribution < 1.29 is 38.5 Å². The maximum atomic E-state index is 11.9. The number of carbonyl (C=O) groups excluding carboxylic acids is 2. The summed E-state index contributed by atoms with van der Waals surface area (Å²) in [5, 5.41) is 25.9. The fourth-order valence-corrected chi connectivity index (χ4v) is 9.15. The number of ether oxygens (including phenoxy) is 1. The molecule has 39 heavy (non-hydrogen) atoms. The van der Waals surface area contributed by atoms with E-state index in [1.165, 1.54) is 47.2 Å². The molecular formula is C19H36N4O8S8. The molecule has 4 N–H and O–H groups in total. The van der Waals surface area contributed by atoms with Crippen molar-refractivity contribution in [3.05, 3.63) is 0 Å². The Hall–Kier alpha value is 0.360. The van der Waals surface area contributed by atoms with E-state index < -0.39 is 16.9 Å². The van der Waals surface area contributed by atoms with E-state index in [1.54, 1.807) is 47.0 Å². The number of aliphatic hydroxyl groups excluding tert-OH is 2. The van der Waals surface area contributed by atoms with Gasteiger partial charge >= 0.3 is 6.09 Å². The topological polar surface area (TPSA) is 168 Å². The monoisotopic (exact) mass is 704 g/mol. The number of carbonyl (C=O) groups is 2. The van der Waals surface area contributed by atoms with Crippen LogP contribution in [0.2, 0.25) is 0 Å². The summed E-state index contributed by atoms with van der Waals surface area (Å²) in [7, 11) is -1.14. The van der Waals surface area contributed by atoms with E-state index >= 15 is 0 Å². The third kappa shape index (κ3) is 32.7. The average Bonchev–Trinajstić information content (AvgIpc) is 2.92. The van der Waals surface area contributed by atoms with Crippen molar-refractivity contribution >= 4 is 116 Å². The molecule has 0 aliphatic rings. The predicted molar refractivity (Wildman–Crippen MR) is 176 cm³/mol. The minimum Gasteiger partial charge on any atom is -0.449 e. The van der Waals surface area contributed by atoms with E-state index in [1.807, 2.05) is 0 Å². The summed E-state index contributed by atoms with van der Waals surface area (Å²) in [5.41, 5.74) is 1.46. The van der Waals surface area contributed by atoms with E-state index in [0.717, 1.165) is 15.3 Å². The molecule has 228 valence electrons. The van der Waals surface area contributed by atoms with Crippen LogP contribution in [0.25, 0.3) is 0 Å². The number of alkyl carbamates (subject to hydrolysis) is 1. The molecule has 0 rings (SSSR count). The highest BCUT2D eigenvalue weighted by Crippen LogP contribution is 2.19. The third-order valence-corrected chi connectivity index (χ3v) is 12.1. The molecule has 0 radical (unpaired) electrons. The van der Waals surface area contributed by atoms with Gasteiger partial charge in [-0.3, -0.25) is 14.0 Å². The minimum absolute atomic E-state index is 0.0107. The summed E-state index contributed by atoms with van der Waals surface area (Å²) in [6, 6.07) is 0. The summed E-state index contributed by atoms with van der Waals surface area (Å²) in [6.07, 6.45) is 1.66. The molecule has 0 saturated carbocycles. The van der Waals surface area contributed by atoms with Crippen LogP contribution in [0.1, 0.15) is 12.8 Å². The van der Waals surface area contributed by atoms with Crippen molar-refractivity contribution in [1.29, 1.82) is 0 Å². The molecule has 1 unspecified atom stereocenters. The first-order valence-electron chi connectivity index (χ1n) is 11.2. The molecule has 0 aromatic heterocycles. The molecule has 12 nitrogen and oxygen atoms in total. The maximum absolute atomic E-state index is 11.9. The van der Waals surface area contributed by atoms with Gasteiger partial charge in [-0.15, -0.1) is 70.6 Å². The van der Waals surface area contributed by atoms with E-state index in [9.17, 15) is 13.8 Å². The summed E-state index contributed by atoms with van der Waals surface area (Å²) < 4.78 is 16.8. The van der Waals surface area contributed by atoms with Crippen molar-refractivity contribution in [2.45, 2.75) is 12.8 Å². The molecule has 0 aliphatic heterocycles. The van der Waals surface area contributed by atoms with E-state index in [0.29, 0.717) is 53.1 Å². The summed E-state index contributed by atoms with van der Waals surface area (Å²) in [4.78, 5) is 40.7. The Morgan fingerprint density at radius 3 is 2.23 bits per heavy atom.